The van der Waals surface area contributed by atoms with E-state index in [9.17, 15) is 22.8 Å². The molecular weight excluding hydrogens is 542 g/mol. The van der Waals surface area contributed by atoms with Crippen molar-refractivity contribution in [2.75, 3.05) is 18.5 Å². The van der Waals surface area contributed by atoms with E-state index in [0.29, 0.717) is 30.3 Å². The predicted octanol–water partition coefficient (Wildman–Crippen LogP) is 4.59. The summed E-state index contributed by atoms with van der Waals surface area (Å²) in [7, 11) is 0. The highest BCUT2D eigenvalue weighted by atomic mass is 127. The van der Waals surface area contributed by atoms with Gasteiger partial charge in [0.25, 0.3) is 0 Å². The van der Waals surface area contributed by atoms with E-state index in [4.69, 9.17) is 9.47 Å². The van der Waals surface area contributed by atoms with Crippen molar-refractivity contribution in [3.8, 4) is 11.5 Å². The molecule has 0 spiro atoms. The average molecular weight is 563 g/mol. The van der Waals surface area contributed by atoms with E-state index in [1.807, 2.05) is 13.8 Å². The molecule has 2 N–H and O–H groups in total. The van der Waals surface area contributed by atoms with Gasteiger partial charge in [0, 0.05) is 5.69 Å². The van der Waals surface area contributed by atoms with Gasteiger partial charge in [-0.1, -0.05) is 6.07 Å². The fraction of sp³-hybridized carbons (Fsp3) is 0.286. The van der Waals surface area contributed by atoms with E-state index in [-0.39, 0.29) is 5.69 Å². The molecule has 0 aliphatic heterocycles. The lowest BCUT2D eigenvalue weighted by Crippen LogP contribution is -2.24. The van der Waals surface area contributed by atoms with Crippen LogP contribution in [0.25, 0.3) is 0 Å². The number of amides is 2. The lowest BCUT2D eigenvalue weighted by atomic mass is 10.2. The second-order valence-electron chi connectivity index (χ2n) is 6.29. The molecular formula is C21H21F3IN3O4. The molecule has 0 saturated heterocycles. The van der Waals surface area contributed by atoms with E-state index in [1.165, 1.54) is 12.3 Å². The van der Waals surface area contributed by atoms with Crippen LogP contribution in [0.5, 0.6) is 11.5 Å². The number of nitrogens with zero attached hydrogens (tertiary/aromatic N) is 1. The summed E-state index contributed by atoms with van der Waals surface area (Å²) in [6.07, 6.45) is -3.77. The highest BCUT2D eigenvalue weighted by Gasteiger charge is 2.30. The summed E-state index contributed by atoms with van der Waals surface area (Å²) in [6, 6.07) is 7.62. The molecule has 0 unspecified atom stereocenters. The number of anilines is 1. The Bertz CT molecular complexity index is 997. The third-order valence-electron chi connectivity index (χ3n) is 3.82. The van der Waals surface area contributed by atoms with Gasteiger partial charge >= 0.3 is 6.18 Å². The first-order valence-corrected chi connectivity index (χ1v) is 10.6. The second-order valence-corrected chi connectivity index (χ2v) is 7.45. The molecule has 0 atom stereocenters. The number of carbonyl (C=O) groups is 2. The van der Waals surface area contributed by atoms with Crippen molar-refractivity contribution in [2.24, 2.45) is 5.10 Å². The minimum atomic E-state index is -4.53. The van der Waals surface area contributed by atoms with E-state index in [1.54, 1.807) is 12.1 Å². The smallest absolute Gasteiger partial charge is 0.416 e. The number of hydrogen-bond acceptors (Lipinski definition) is 5. The summed E-state index contributed by atoms with van der Waals surface area (Å²) in [5.74, 6) is -0.348. The molecule has 0 heterocycles. The number of rotatable bonds is 9. The van der Waals surface area contributed by atoms with Crippen LogP contribution in [0.3, 0.4) is 0 Å². The van der Waals surface area contributed by atoms with Crippen LogP contribution in [0, 0.1) is 3.57 Å². The highest BCUT2D eigenvalue weighted by molar-refractivity contribution is 14.1. The zero-order valence-corrected chi connectivity index (χ0v) is 19.4. The molecule has 2 aromatic rings. The molecule has 2 aromatic carbocycles. The molecule has 7 nitrogen and oxygen atoms in total. The van der Waals surface area contributed by atoms with E-state index < -0.39 is 30.0 Å². The van der Waals surface area contributed by atoms with Crippen molar-refractivity contribution in [3.63, 3.8) is 0 Å². The van der Waals surface area contributed by atoms with Gasteiger partial charge in [-0.05, 0) is 72.3 Å². The van der Waals surface area contributed by atoms with E-state index >= 15 is 0 Å². The SMILES string of the molecule is CCOc1cc(C=NNC(=O)CC(=O)Nc2cccc(C(F)(F)F)c2)cc(I)c1OCC. The zero-order valence-electron chi connectivity index (χ0n) is 17.3. The molecule has 0 fully saturated rings. The summed E-state index contributed by atoms with van der Waals surface area (Å²) < 4.78 is 50.2. The zero-order chi connectivity index (χ0) is 23.7. The van der Waals surface area contributed by atoms with Crippen molar-refractivity contribution < 1.29 is 32.2 Å². The minimum Gasteiger partial charge on any atom is -0.490 e. The summed E-state index contributed by atoms with van der Waals surface area (Å²) in [6.45, 7) is 4.62. The van der Waals surface area contributed by atoms with Crippen LogP contribution in [-0.2, 0) is 15.8 Å². The Labute approximate surface area is 196 Å². The largest absolute Gasteiger partial charge is 0.490 e. The van der Waals surface area contributed by atoms with Gasteiger partial charge in [0.15, 0.2) is 11.5 Å². The van der Waals surface area contributed by atoms with Gasteiger partial charge in [-0.2, -0.15) is 18.3 Å². The van der Waals surface area contributed by atoms with Gasteiger partial charge in [0.2, 0.25) is 11.8 Å². The topological polar surface area (TPSA) is 89.0 Å². The van der Waals surface area contributed by atoms with Crippen LogP contribution in [-0.4, -0.2) is 31.2 Å². The number of ether oxygens (including phenoxy) is 2. The molecule has 11 heteroatoms. The van der Waals surface area contributed by atoms with Crippen molar-refractivity contribution in [1.82, 2.24) is 5.43 Å². The maximum Gasteiger partial charge on any atom is 0.416 e. The lowest BCUT2D eigenvalue weighted by Gasteiger charge is -2.13. The maximum absolute atomic E-state index is 12.7. The quantitative estimate of drug-likeness (QED) is 0.202. The lowest BCUT2D eigenvalue weighted by molar-refractivity contribution is -0.137. The van der Waals surface area contributed by atoms with E-state index in [2.05, 4.69) is 38.4 Å². The summed E-state index contributed by atoms with van der Waals surface area (Å²) in [5, 5.41) is 6.07. The average Bonchev–Trinajstić information content (AvgIpc) is 2.70. The second kappa shape index (κ2) is 11.7. The Kier molecular flexibility index (Phi) is 9.29. The van der Waals surface area contributed by atoms with Gasteiger partial charge in [-0.3, -0.25) is 9.59 Å². The van der Waals surface area contributed by atoms with Crippen LogP contribution < -0.4 is 20.2 Å². The van der Waals surface area contributed by atoms with Gasteiger partial charge in [-0.15, -0.1) is 0 Å². The van der Waals surface area contributed by atoms with Crippen LogP contribution in [0.15, 0.2) is 41.5 Å². The number of alkyl halides is 3. The third kappa shape index (κ3) is 7.70. The summed E-state index contributed by atoms with van der Waals surface area (Å²) in [5.41, 5.74) is 1.88. The van der Waals surface area contributed by atoms with Crippen molar-refractivity contribution in [2.45, 2.75) is 26.4 Å². The van der Waals surface area contributed by atoms with Crippen LogP contribution in [0.4, 0.5) is 18.9 Å². The van der Waals surface area contributed by atoms with Crippen LogP contribution in [0.1, 0.15) is 31.4 Å². The van der Waals surface area contributed by atoms with Gasteiger partial charge < -0.3 is 14.8 Å². The Hall–Kier alpha value is -2.83. The number of benzene rings is 2. The molecule has 172 valence electrons. The number of carbonyl (C=O) groups excluding carboxylic acids is 2. The number of nitrogens with one attached hydrogen (secondary N) is 2. The summed E-state index contributed by atoms with van der Waals surface area (Å²) in [4.78, 5) is 23.9. The minimum absolute atomic E-state index is 0.0615. The number of halogens is 4. The number of hydrazone groups is 1. The monoisotopic (exact) mass is 563 g/mol. The van der Waals surface area contributed by atoms with Crippen molar-refractivity contribution in [1.29, 1.82) is 0 Å². The van der Waals surface area contributed by atoms with Crippen LogP contribution >= 0.6 is 22.6 Å². The molecule has 32 heavy (non-hydrogen) atoms. The Balaban J connectivity index is 1.96. The van der Waals surface area contributed by atoms with Gasteiger partial charge in [-0.25, -0.2) is 5.43 Å². The molecule has 0 aliphatic rings. The fourth-order valence-corrected chi connectivity index (χ4v) is 3.33. The normalized spacial score (nSPS) is 11.3. The first-order valence-electron chi connectivity index (χ1n) is 9.52. The molecule has 0 saturated carbocycles. The predicted molar refractivity (Wildman–Crippen MR) is 122 cm³/mol. The number of hydrogen-bond donors (Lipinski definition) is 2. The van der Waals surface area contributed by atoms with Gasteiger partial charge in [0.1, 0.15) is 6.42 Å². The Morgan fingerprint density at radius 2 is 1.81 bits per heavy atom. The van der Waals surface area contributed by atoms with Crippen molar-refractivity contribution in [3.05, 3.63) is 51.1 Å². The van der Waals surface area contributed by atoms with Crippen LogP contribution in [0.2, 0.25) is 0 Å². The fourth-order valence-electron chi connectivity index (χ4n) is 2.55. The Morgan fingerprint density at radius 3 is 2.47 bits per heavy atom. The molecule has 0 aliphatic carbocycles. The maximum atomic E-state index is 12.7. The highest BCUT2D eigenvalue weighted by Crippen LogP contribution is 2.34. The van der Waals surface area contributed by atoms with Gasteiger partial charge in [0.05, 0.1) is 28.6 Å². The van der Waals surface area contributed by atoms with E-state index in [0.717, 1.165) is 21.8 Å². The first-order chi connectivity index (χ1) is 15.1. The first kappa shape index (κ1) is 25.4. The Morgan fingerprint density at radius 1 is 1.09 bits per heavy atom. The molecule has 0 aromatic heterocycles. The molecule has 2 amide bonds. The van der Waals surface area contributed by atoms with Crippen molar-refractivity contribution >= 4 is 46.3 Å². The molecule has 2 rings (SSSR count). The third-order valence-corrected chi connectivity index (χ3v) is 4.62. The molecule has 0 bridgehead atoms. The summed E-state index contributed by atoms with van der Waals surface area (Å²) >= 11 is 2.10. The molecule has 0 radical (unpaired) electrons. The standard InChI is InChI=1S/C21H21F3IN3O4/c1-3-31-17-9-13(8-16(25)20(17)32-4-2)12-26-28-19(30)11-18(29)27-15-7-5-6-14(10-15)21(22,23)24/h5-10,12H,3-4,11H2,1-2H3,(H,27,29)(H,28,30).